The maximum absolute atomic E-state index is 11.6. The lowest BCUT2D eigenvalue weighted by Crippen LogP contribution is -2.59. The summed E-state index contributed by atoms with van der Waals surface area (Å²) in [5.74, 6) is -1.17. The van der Waals surface area contributed by atoms with Crippen LogP contribution in [-0.4, -0.2) is 53.1 Å². The molecule has 1 aliphatic heterocycles. The molecule has 5 nitrogen and oxygen atoms in total. The van der Waals surface area contributed by atoms with Gasteiger partial charge in [0.15, 0.2) is 0 Å². The molecule has 1 aliphatic rings. The average molecular weight is 212 g/mol. The van der Waals surface area contributed by atoms with E-state index in [1.807, 2.05) is 13.8 Å². The Labute approximate surface area is 89.0 Å². The van der Waals surface area contributed by atoms with Crippen LogP contribution in [0.2, 0.25) is 0 Å². The molecule has 1 heterocycles. The number of rotatable bonds is 3. The van der Waals surface area contributed by atoms with E-state index in [0.717, 1.165) is 0 Å². The van der Waals surface area contributed by atoms with Crippen LogP contribution in [0.1, 0.15) is 20.8 Å². The number of nitrogens with zero attached hydrogens (tertiary/aromatic N) is 2. The molecule has 2 amide bonds. The zero-order valence-corrected chi connectivity index (χ0v) is 9.32. The quantitative estimate of drug-likeness (QED) is 0.601. The van der Waals surface area contributed by atoms with Gasteiger partial charge in [0.1, 0.15) is 5.78 Å². The fourth-order valence-electron chi connectivity index (χ4n) is 1.82. The zero-order chi connectivity index (χ0) is 11.6. The number of carbonyl (C=O) groups excluding carboxylic acids is 3. The normalized spacial score (nSPS) is 22.2. The Morgan fingerprint density at radius 2 is 2.00 bits per heavy atom. The van der Waals surface area contributed by atoms with Crippen molar-refractivity contribution in [3.05, 3.63) is 0 Å². The van der Waals surface area contributed by atoms with E-state index in [1.54, 1.807) is 0 Å². The van der Waals surface area contributed by atoms with E-state index in [4.69, 9.17) is 0 Å². The summed E-state index contributed by atoms with van der Waals surface area (Å²) in [6.45, 7) is 6.13. The molecule has 0 saturated carbocycles. The summed E-state index contributed by atoms with van der Waals surface area (Å²) in [5, 5.41) is 0. The van der Waals surface area contributed by atoms with E-state index in [9.17, 15) is 14.4 Å². The van der Waals surface area contributed by atoms with E-state index in [2.05, 4.69) is 0 Å². The summed E-state index contributed by atoms with van der Waals surface area (Å²) >= 11 is 0. The van der Waals surface area contributed by atoms with Gasteiger partial charge in [-0.1, -0.05) is 0 Å². The maximum Gasteiger partial charge on any atom is 0.312 e. The molecule has 0 spiro atoms. The first-order chi connectivity index (χ1) is 6.97. The summed E-state index contributed by atoms with van der Waals surface area (Å²) < 4.78 is 0. The lowest BCUT2D eigenvalue weighted by Gasteiger charge is -2.37. The number of hydrogen-bond acceptors (Lipinski definition) is 3. The molecule has 5 heteroatoms. The third kappa shape index (κ3) is 2.34. The number of hydrogen-bond donors (Lipinski definition) is 0. The van der Waals surface area contributed by atoms with E-state index in [1.165, 1.54) is 16.7 Å². The molecule has 0 radical (unpaired) electrons. The molecular formula is C10H16N2O3. The molecule has 0 N–H and O–H groups in total. The van der Waals surface area contributed by atoms with Crippen LogP contribution in [-0.2, 0) is 14.4 Å². The molecule has 84 valence electrons. The van der Waals surface area contributed by atoms with Crippen molar-refractivity contribution in [2.45, 2.75) is 26.8 Å². The van der Waals surface area contributed by atoms with Crippen molar-refractivity contribution in [1.82, 2.24) is 9.80 Å². The van der Waals surface area contributed by atoms with E-state index >= 15 is 0 Å². The molecule has 0 aliphatic carbocycles. The molecule has 0 aromatic rings. The first-order valence-electron chi connectivity index (χ1n) is 5.06. The fraction of sp³-hybridized carbons (Fsp3) is 0.700. The fourth-order valence-corrected chi connectivity index (χ4v) is 1.82. The van der Waals surface area contributed by atoms with Crippen LogP contribution in [0.15, 0.2) is 0 Å². The Kier molecular flexibility index (Phi) is 3.44. The van der Waals surface area contributed by atoms with Crippen molar-refractivity contribution in [3.8, 4) is 0 Å². The highest BCUT2D eigenvalue weighted by Gasteiger charge is 2.36. The van der Waals surface area contributed by atoms with Gasteiger partial charge < -0.3 is 9.80 Å². The van der Waals surface area contributed by atoms with Gasteiger partial charge >= 0.3 is 11.8 Å². The highest BCUT2D eigenvalue weighted by molar-refractivity contribution is 6.35. The molecule has 0 bridgehead atoms. The minimum Gasteiger partial charge on any atom is -0.330 e. The Morgan fingerprint density at radius 3 is 2.47 bits per heavy atom. The topological polar surface area (TPSA) is 57.7 Å². The van der Waals surface area contributed by atoms with Crippen LogP contribution < -0.4 is 0 Å². The Hall–Kier alpha value is -1.39. The van der Waals surface area contributed by atoms with Crippen molar-refractivity contribution >= 4 is 17.6 Å². The highest BCUT2D eigenvalue weighted by Crippen LogP contribution is 2.11. The van der Waals surface area contributed by atoms with Gasteiger partial charge in [0.05, 0.1) is 6.54 Å². The molecule has 15 heavy (non-hydrogen) atoms. The second-order valence-electron chi connectivity index (χ2n) is 3.83. The standard InChI is InChI=1S/C10H16N2O3/c1-4-12-7(2)5-11(6-8(3)13)9(14)10(12)15/h7H,4-6H2,1-3H3. The highest BCUT2D eigenvalue weighted by atomic mass is 16.2. The van der Waals surface area contributed by atoms with E-state index in [0.29, 0.717) is 13.1 Å². The van der Waals surface area contributed by atoms with E-state index in [-0.39, 0.29) is 18.4 Å². The number of carbonyl (C=O) groups is 3. The summed E-state index contributed by atoms with van der Waals surface area (Å²) in [4.78, 5) is 36.9. The molecular weight excluding hydrogens is 196 g/mol. The number of amides is 2. The van der Waals surface area contributed by atoms with Gasteiger partial charge in [-0.15, -0.1) is 0 Å². The first-order valence-corrected chi connectivity index (χ1v) is 5.06. The van der Waals surface area contributed by atoms with Crippen molar-refractivity contribution in [2.24, 2.45) is 0 Å². The number of Topliss-reactive ketones (excluding diaryl/α,β-unsaturated/α-hetero) is 1. The van der Waals surface area contributed by atoms with Gasteiger partial charge in [0.2, 0.25) is 0 Å². The largest absolute Gasteiger partial charge is 0.330 e. The number of likely N-dealkylation sites (N-methyl/N-ethyl adjacent to an activating group) is 1. The van der Waals surface area contributed by atoms with Crippen LogP contribution in [0.5, 0.6) is 0 Å². The van der Waals surface area contributed by atoms with Crippen molar-refractivity contribution in [2.75, 3.05) is 19.6 Å². The van der Waals surface area contributed by atoms with Crippen LogP contribution in [0.25, 0.3) is 0 Å². The first kappa shape index (κ1) is 11.7. The van der Waals surface area contributed by atoms with Gasteiger partial charge in [0, 0.05) is 19.1 Å². The van der Waals surface area contributed by atoms with Gasteiger partial charge in [-0.05, 0) is 20.8 Å². The third-order valence-electron chi connectivity index (χ3n) is 2.50. The number of ketones is 1. The predicted molar refractivity (Wildman–Crippen MR) is 54.1 cm³/mol. The molecule has 1 saturated heterocycles. The molecule has 1 atom stereocenters. The number of piperazine rings is 1. The lowest BCUT2D eigenvalue weighted by molar-refractivity contribution is -0.159. The molecule has 0 aromatic carbocycles. The van der Waals surface area contributed by atoms with Crippen molar-refractivity contribution < 1.29 is 14.4 Å². The predicted octanol–water partition coefficient (Wildman–Crippen LogP) is -0.345. The molecule has 1 rings (SSSR count). The van der Waals surface area contributed by atoms with E-state index < -0.39 is 11.8 Å². The lowest BCUT2D eigenvalue weighted by atomic mass is 10.1. The molecule has 1 unspecified atom stereocenters. The van der Waals surface area contributed by atoms with Crippen LogP contribution in [0, 0.1) is 0 Å². The van der Waals surface area contributed by atoms with Crippen molar-refractivity contribution in [3.63, 3.8) is 0 Å². The minimum absolute atomic E-state index is 0.0143. The minimum atomic E-state index is -0.565. The Morgan fingerprint density at radius 1 is 1.40 bits per heavy atom. The van der Waals surface area contributed by atoms with Gasteiger partial charge in [-0.2, -0.15) is 0 Å². The second-order valence-corrected chi connectivity index (χ2v) is 3.83. The smallest absolute Gasteiger partial charge is 0.312 e. The summed E-state index contributed by atoms with van der Waals surface area (Å²) in [6, 6.07) is -0.0143. The summed E-state index contributed by atoms with van der Waals surface area (Å²) in [7, 11) is 0. The van der Waals surface area contributed by atoms with Crippen LogP contribution >= 0.6 is 0 Å². The van der Waals surface area contributed by atoms with Crippen LogP contribution in [0.4, 0.5) is 0 Å². The van der Waals surface area contributed by atoms with Crippen molar-refractivity contribution in [1.29, 1.82) is 0 Å². The summed E-state index contributed by atoms with van der Waals surface area (Å²) in [5.41, 5.74) is 0. The van der Waals surface area contributed by atoms with Gasteiger partial charge in [-0.3, -0.25) is 14.4 Å². The summed E-state index contributed by atoms with van der Waals surface area (Å²) in [6.07, 6.45) is 0. The average Bonchev–Trinajstić information content (AvgIpc) is 2.14. The zero-order valence-electron chi connectivity index (χ0n) is 9.32. The SMILES string of the molecule is CCN1C(=O)C(=O)N(CC(C)=O)CC1C. The monoisotopic (exact) mass is 212 g/mol. The molecule has 0 aromatic heterocycles. The van der Waals surface area contributed by atoms with Crippen LogP contribution in [0.3, 0.4) is 0 Å². The second kappa shape index (κ2) is 4.42. The van der Waals surface area contributed by atoms with Gasteiger partial charge in [-0.25, -0.2) is 0 Å². The molecule has 1 fully saturated rings. The Bertz CT molecular complexity index is 301. The van der Waals surface area contributed by atoms with Gasteiger partial charge in [0.25, 0.3) is 0 Å². The Balaban J connectivity index is 2.77. The maximum atomic E-state index is 11.6. The third-order valence-corrected chi connectivity index (χ3v) is 2.50.